The van der Waals surface area contributed by atoms with Crippen LogP contribution in [0.15, 0.2) is 11.0 Å². The zero-order valence-corrected chi connectivity index (χ0v) is 16.2. The molecule has 1 amide bonds. The molecule has 2 atom stereocenters. The predicted octanol–water partition coefficient (Wildman–Crippen LogP) is 0.704. The van der Waals surface area contributed by atoms with Crippen LogP contribution < -0.4 is 5.73 Å². The van der Waals surface area contributed by atoms with E-state index in [0.29, 0.717) is 44.0 Å². The van der Waals surface area contributed by atoms with E-state index in [9.17, 15) is 13.2 Å². The Balaban J connectivity index is 1.62. The maximum Gasteiger partial charge on any atom is 0.251 e. The Morgan fingerprint density at radius 3 is 2.48 bits per heavy atom. The lowest BCUT2D eigenvalue weighted by Crippen LogP contribution is -2.52. The van der Waals surface area contributed by atoms with E-state index in [0.717, 1.165) is 16.2 Å². The fourth-order valence-electron chi connectivity index (χ4n) is 3.42. The number of sulfonamides is 1. The van der Waals surface area contributed by atoms with Gasteiger partial charge in [-0.25, -0.2) is 8.42 Å². The number of hydrogen-bond acceptors (Lipinski definition) is 6. The van der Waals surface area contributed by atoms with E-state index in [-0.39, 0.29) is 12.0 Å². The van der Waals surface area contributed by atoms with Crippen molar-refractivity contribution in [3.63, 3.8) is 0 Å². The van der Waals surface area contributed by atoms with Gasteiger partial charge in [-0.1, -0.05) is 0 Å². The third-order valence-corrected chi connectivity index (χ3v) is 7.93. The lowest BCUT2D eigenvalue weighted by atomic mass is 10.1. The lowest BCUT2D eigenvalue weighted by molar-refractivity contribution is -0.143. The molecular formula is C16H25N3O4S2. The van der Waals surface area contributed by atoms with Crippen LogP contribution in [0, 0.1) is 13.8 Å². The fraction of sp³-hybridized carbons (Fsp3) is 0.688. The molecule has 3 heterocycles. The molecule has 2 N–H and O–H groups in total. The van der Waals surface area contributed by atoms with Crippen molar-refractivity contribution in [2.24, 2.45) is 5.73 Å². The summed E-state index contributed by atoms with van der Waals surface area (Å²) in [5.74, 6) is -0.0458. The minimum absolute atomic E-state index is 0.0413. The monoisotopic (exact) mass is 387 g/mol. The number of thiophene rings is 1. The summed E-state index contributed by atoms with van der Waals surface area (Å²) >= 11 is 1.49. The maximum atomic E-state index is 12.8. The van der Waals surface area contributed by atoms with Crippen LogP contribution in [0.25, 0.3) is 0 Å². The quantitative estimate of drug-likeness (QED) is 0.821. The number of rotatable bonds is 4. The fourth-order valence-corrected chi connectivity index (χ4v) is 6.36. The third kappa shape index (κ3) is 3.75. The third-order valence-electron chi connectivity index (χ3n) is 4.81. The number of nitrogens with zero attached hydrogens (tertiary/aromatic N) is 2. The molecule has 25 heavy (non-hydrogen) atoms. The molecule has 2 aliphatic heterocycles. The van der Waals surface area contributed by atoms with E-state index < -0.39 is 16.1 Å². The molecule has 1 aromatic rings. The highest BCUT2D eigenvalue weighted by Gasteiger charge is 2.36. The largest absolute Gasteiger partial charge is 0.364 e. The topological polar surface area (TPSA) is 92.9 Å². The summed E-state index contributed by atoms with van der Waals surface area (Å²) in [6.07, 6.45) is 1.02. The first-order valence-electron chi connectivity index (χ1n) is 8.54. The zero-order valence-electron chi connectivity index (χ0n) is 14.6. The molecule has 0 spiro atoms. The first-order chi connectivity index (χ1) is 11.8. The van der Waals surface area contributed by atoms with Gasteiger partial charge in [0.2, 0.25) is 10.0 Å². The summed E-state index contributed by atoms with van der Waals surface area (Å²) in [6.45, 7) is 5.58. The highest BCUT2D eigenvalue weighted by atomic mass is 32.2. The summed E-state index contributed by atoms with van der Waals surface area (Å²) in [5, 5.41) is 0. The number of hydrogen-bond donors (Lipinski definition) is 1. The number of ether oxygens (including phenoxy) is 1. The van der Waals surface area contributed by atoms with Crippen molar-refractivity contribution in [1.29, 1.82) is 0 Å². The number of nitrogens with two attached hydrogens (primary N) is 1. The number of piperazine rings is 1. The minimum atomic E-state index is -3.49. The van der Waals surface area contributed by atoms with E-state index >= 15 is 0 Å². The molecule has 2 fully saturated rings. The Hall–Kier alpha value is -1.00. The van der Waals surface area contributed by atoms with Gasteiger partial charge in [0.15, 0.2) is 0 Å². The predicted molar refractivity (Wildman–Crippen MR) is 96.1 cm³/mol. The van der Waals surface area contributed by atoms with Gasteiger partial charge in [0.25, 0.3) is 5.91 Å². The smallest absolute Gasteiger partial charge is 0.251 e. The second kappa shape index (κ2) is 7.32. The molecule has 140 valence electrons. The molecule has 0 bridgehead atoms. The summed E-state index contributed by atoms with van der Waals surface area (Å²) in [7, 11) is -3.49. The first-order valence-corrected chi connectivity index (χ1v) is 10.8. The van der Waals surface area contributed by atoms with Crippen molar-refractivity contribution in [3.8, 4) is 0 Å². The van der Waals surface area contributed by atoms with Crippen molar-refractivity contribution in [2.45, 2.75) is 43.8 Å². The van der Waals surface area contributed by atoms with Gasteiger partial charge < -0.3 is 15.4 Å². The normalized spacial score (nSPS) is 25.5. The van der Waals surface area contributed by atoms with Crippen molar-refractivity contribution in [2.75, 3.05) is 32.7 Å². The van der Waals surface area contributed by atoms with Crippen LogP contribution in [-0.2, 0) is 19.6 Å². The van der Waals surface area contributed by atoms with Gasteiger partial charge >= 0.3 is 0 Å². The van der Waals surface area contributed by atoms with Crippen molar-refractivity contribution in [3.05, 3.63) is 15.8 Å². The second-order valence-electron chi connectivity index (χ2n) is 6.57. The van der Waals surface area contributed by atoms with Crippen LogP contribution in [0.4, 0.5) is 0 Å². The Labute approximate surface area is 152 Å². The summed E-state index contributed by atoms with van der Waals surface area (Å²) in [6, 6.07) is 1.73. The summed E-state index contributed by atoms with van der Waals surface area (Å²) in [5.41, 5.74) is 5.59. The standard InChI is InChI=1S/C16H25N3O4S2/c1-11-9-15(12(2)24-11)25(21,22)19-7-5-18(6-8-19)16(20)14-4-3-13(10-17)23-14/h9,13-14H,3-8,10,17H2,1-2H3/t13-,14+/m1/s1. The van der Waals surface area contributed by atoms with Crippen molar-refractivity contribution < 1.29 is 17.9 Å². The molecule has 0 aliphatic carbocycles. The number of amides is 1. The van der Waals surface area contributed by atoms with Gasteiger partial charge in [-0.3, -0.25) is 4.79 Å². The summed E-state index contributed by atoms with van der Waals surface area (Å²) < 4.78 is 32.8. The van der Waals surface area contributed by atoms with E-state index in [2.05, 4.69) is 0 Å². The molecule has 3 rings (SSSR count). The number of carbonyl (C=O) groups is 1. The lowest BCUT2D eigenvalue weighted by Gasteiger charge is -2.35. The van der Waals surface area contributed by atoms with Gasteiger partial charge in [0.1, 0.15) is 6.10 Å². The highest BCUT2D eigenvalue weighted by molar-refractivity contribution is 7.89. The number of aryl methyl sites for hydroxylation is 2. The maximum absolute atomic E-state index is 12.8. The van der Waals surface area contributed by atoms with Gasteiger partial charge in [0.05, 0.1) is 11.0 Å². The van der Waals surface area contributed by atoms with Crippen LogP contribution >= 0.6 is 11.3 Å². The molecule has 2 saturated heterocycles. The van der Waals surface area contributed by atoms with Crippen molar-refractivity contribution in [1.82, 2.24) is 9.21 Å². The molecule has 0 unspecified atom stereocenters. The Bertz CT molecular complexity index is 739. The van der Waals surface area contributed by atoms with Crippen LogP contribution in [0.1, 0.15) is 22.6 Å². The Morgan fingerprint density at radius 2 is 1.96 bits per heavy atom. The zero-order chi connectivity index (χ0) is 18.2. The molecule has 0 saturated carbocycles. The van der Waals surface area contributed by atoms with Gasteiger partial charge in [-0.2, -0.15) is 4.31 Å². The van der Waals surface area contributed by atoms with E-state index in [4.69, 9.17) is 10.5 Å². The number of carbonyl (C=O) groups excluding carboxylic acids is 1. The van der Waals surface area contributed by atoms with Crippen LogP contribution in [0.2, 0.25) is 0 Å². The van der Waals surface area contributed by atoms with Crippen LogP contribution in [0.5, 0.6) is 0 Å². The molecule has 7 nitrogen and oxygen atoms in total. The minimum Gasteiger partial charge on any atom is -0.364 e. The van der Waals surface area contributed by atoms with Gasteiger partial charge in [-0.15, -0.1) is 11.3 Å². The molecule has 0 radical (unpaired) electrons. The first kappa shape index (κ1) is 18.8. The van der Waals surface area contributed by atoms with E-state index in [1.807, 2.05) is 13.8 Å². The van der Waals surface area contributed by atoms with Crippen molar-refractivity contribution >= 4 is 27.3 Å². The molecule has 2 aliphatic rings. The summed E-state index contributed by atoms with van der Waals surface area (Å²) in [4.78, 5) is 16.4. The Kier molecular flexibility index (Phi) is 5.50. The Morgan fingerprint density at radius 1 is 1.28 bits per heavy atom. The SMILES string of the molecule is Cc1cc(S(=O)(=O)N2CCN(C(=O)[C@@H]3CC[C@H](CN)O3)CC2)c(C)s1. The van der Waals surface area contributed by atoms with Gasteiger partial charge in [0, 0.05) is 42.5 Å². The van der Waals surface area contributed by atoms with Gasteiger partial charge in [-0.05, 0) is 32.8 Å². The molecule has 9 heteroatoms. The highest BCUT2D eigenvalue weighted by Crippen LogP contribution is 2.28. The average molecular weight is 388 g/mol. The van der Waals surface area contributed by atoms with E-state index in [1.54, 1.807) is 11.0 Å². The molecule has 1 aromatic heterocycles. The molecule has 0 aromatic carbocycles. The molecular weight excluding hydrogens is 362 g/mol. The van der Waals surface area contributed by atoms with Crippen LogP contribution in [-0.4, -0.2) is 68.5 Å². The average Bonchev–Trinajstić information content (AvgIpc) is 3.20. The van der Waals surface area contributed by atoms with E-state index in [1.165, 1.54) is 15.6 Å². The van der Waals surface area contributed by atoms with Crippen LogP contribution in [0.3, 0.4) is 0 Å². The second-order valence-corrected chi connectivity index (χ2v) is 9.93.